The largest absolute Gasteiger partial charge is 0.467 e. The lowest BCUT2D eigenvalue weighted by Gasteiger charge is -2.07. The van der Waals surface area contributed by atoms with Crippen molar-refractivity contribution in [1.29, 1.82) is 0 Å². The number of methoxy groups -OCH3 is 1. The molecule has 0 aliphatic heterocycles. The van der Waals surface area contributed by atoms with Crippen molar-refractivity contribution in [2.24, 2.45) is 0 Å². The second kappa shape index (κ2) is 6.23. The van der Waals surface area contributed by atoms with Gasteiger partial charge in [0.15, 0.2) is 6.10 Å². The van der Waals surface area contributed by atoms with Crippen LogP contribution in [0.25, 0.3) is 0 Å². The summed E-state index contributed by atoms with van der Waals surface area (Å²) in [5, 5.41) is 9.31. The number of benzene rings is 1. The van der Waals surface area contributed by atoms with Gasteiger partial charge in [0.1, 0.15) is 5.82 Å². The first kappa shape index (κ1) is 12.6. The molecule has 0 spiro atoms. The van der Waals surface area contributed by atoms with Gasteiger partial charge < -0.3 is 9.84 Å². The highest BCUT2D eigenvalue weighted by Gasteiger charge is 2.14. The van der Waals surface area contributed by atoms with Gasteiger partial charge in [-0.2, -0.15) is 0 Å². The van der Waals surface area contributed by atoms with Gasteiger partial charge in [-0.1, -0.05) is 12.1 Å². The van der Waals surface area contributed by atoms with Gasteiger partial charge in [0.2, 0.25) is 0 Å². The summed E-state index contributed by atoms with van der Waals surface area (Å²) in [5.74, 6) is -0.877. The molecule has 3 nitrogen and oxygen atoms in total. The van der Waals surface area contributed by atoms with E-state index in [1.165, 1.54) is 19.2 Å². The number of halogens is 1. The van der Waals surface area contributed by atoms with E-state index in [0.29, 0.717) is 19.3 Å². The third kappa shape index (κ3) is 3.98. The standard InChI is InChI=1S/C12H15FO3/c1-16-12(15)11(14)4-2-3-9-5-7-10(13)8-6-9/h5-8,11,14H,2-4H2,1H3/t11-/m0/s1. The Labute approximate surface area is 93.9 Å². The molecule has 16 heavy (non-hydrogen) atoms. The van der Waals surface area contributed by atoms with E-state index in [2.05, 4.69) is 4.74 Å². The van der Waals surface area contributed by atoms with Gasteiger partial charge in [-0.3, -0.25) is 0 Å². The van der Waals surface area contributed by atoms with Crippen molar-refractivity contribution in [3.63, 3.8) is 0 Å². The molecule has 0 bridgehead atoms. The minimum Gasteiger partial charge on any atom is -0.467 e. The maximum Gasteiger partial charge on any atom is 0.334 e. The molecule has 0 amide bonds. The fraction of sp³-hybridized carbons (Fsp3) is 0.417. The van der Waals surface area contributed by atoms with Gasteiger partial charge in [0, 0.05) is 0 Å². The van der Waals surface area contributed by atoms with Crippen LogP contribution in [0.5, 0.6) is 0 Å². The van der Waals surface area contributed by atoms with E-state index >= 15 is 0 Å². The number of carbonyl (C=O) groups is 1. The van der Waals surface area contributed by atoms with Crippen LogP contribution in [-0.2, 0) is 16.0 Å². The first-order chi connectivity index (χ1) is 7.63. The van der Waals surface area contributed by atoms with Crippen LogP contribution in [0.1, 0.15) is 18.4 Å². The average Bonchev–Trinajstić information content (AvgIpc) is 2.30. The first-order valence-corrected chi connectivity index (χ1v) is 5.14. The summed E-state index contributed by atoms with van der Waals surface area (Å²) >= 11 is 0. The molecular formula is C12H15FO3. The molecule has 0 aromatic heterocycles. The number of rotatable bonds is 5. The Kier molecular flexibility index (Phi) is 4.92. The van der Waals surface area contributed by atoms with Crippen LogP contribution in [-0.4, -0.2) is 24.3 Å². The monoisotopic (exact) mass is 226 g/mol. The Balaban J connectivity index is 2.30. The SMILES string of the molecule is COC(=O)[C@@H](O)CCCc1ccc(F)cc1. The summed E-state index contributed by atoms with van der Waals surface area (Å²) in [4.78, 5) is 10.9. The fourth-order valence-electron chi connectivity index (χ4n) is 1.40. The molecule has 0 aliphatic rings. The highest BCUT2D eigenvalue weighted by Crippen LogP contribution is 2.08. The van der Waals surface area contributed by atoms with Crippen LogP contribution in [0, 0.1) is 5.82 Å². The number of aryl methyl sites for hydroxylation is 1. The van der Waals surface area contributed by atoms with Crippen LogP contribution < -0.4 is 0 Å². The molecule has 4 heteroatoms. The molecular weight excluding hydrogens is 211 g/mol. The summed E-state index contributed by atoms with van der Waals surface area (Å²) in [6, 6.07) is 6.18. The number of hydrogen-bond acceptors (Lipinski definition) is 3. The molecule has 0 unspecified atom stereocenters. The van der Waals surface area contributed by atoms with E-state index in [9.17, 15) is 14.3 Å². The summed E-state index contributed by atoms with van der Waals surface area (Å²) in [6.07, 6.45) is 0.644. The summed E-state index contributed by atoms with van der Waals surface area (Å²) in [5.41, 5.74) is 0.985. The number of carbonyl (C=O) groups excluding carboxylic acids is 1. The van der Waals surface area contributed by atoms with Crippen LogP contribution in [0.15, 0.2) is 24.3 Å². The highest BCUT2D eigenvalue weighted by atomic mass is 19.1. The maximum absolute atomic E-state index is 12.6. The molecule has 88 valence electrons. The molecule has 1 atom stereocenters. The van der Waals surface area contributed by atoms with Crippen molar-refractivity contribution in [3.8, 4) is 0 Å². The minimum absolute atomic E-state index is 0.265. The second-order valence-electron chi connectivity index (χ2n) is 3.56. The van der Waals surface area contributed by atoms with Gasteiger partial charge in [-0.15, -0.1) is 0 Å². The van der Waals surface area contributed by atoms with Crippen molar-refractivity contribution in [2.75, 3.05) is 7.11 Å². The van der Waals surface area contributed by atoms with Crippen LogP contribution in [0.4, 0.5) is 4.39 Å². The summed E-state index contributed by atoms with van der Waals surface area (Å²) in [6.45, 7) is 0. The van der Waals surface area contributed by atoms with Crippen molar-refractivity contribution >= 4 is 5.97 Å². The third-order valence-corrected chi connectivity index (χ3v) is 2.33. The van der Waals surface area contributed by atoms with Crippen molar-refractivity contribution in [1.82, 2.24) is 0 Å². The molecule has 0 radical (unpaired) electrons. The first-order valence-electron chi connectivity index (χ1n) is 5.14. The Morgan fingerprint density at radius 1 is 1.44 bits per heavy atom. The molecule has 0 fully saturated rings. The van der Waals surface area contributed by atoms with Gasteiger partial charge in [0.25, 0.3) is 0 Å². The number of hydrogen-bond donors (Lipinski definition) is 1. The Hall–Kier alpha value is -1.42. The van der Waals surface area contributed by atoms with Gasteiger partial charge >= 0.3 is 5.97 Å². The number of ether oxygens (including phenoxy) is 1. The molecule has 1 aromatic carbocycles. The predicted octanol–water partition coefficient (Wildman–Crippen LogP) is 1.68. The minimum atomic E-state index is -1.06. The van der Waals surface area contributed by atoms with Gasteiger partial charge in [-0.25, -0.2) is 9.18 Å². The zero-order chi connectivity index (χ0) is 12.0. The number of esters is 1. The van der Waals surface area contributed by atoms with E-state index in [1.807, 2.05) is 0 Å². The maximum atomic E-state index is 12.6. The third-order valence-electron chi connectivity index (χ3n) is 2.33. The normalized spacial score (nSPS) is 12.2. The lowest BCUT2D eigenvalue weighted by atomic mass is 10.1. The molecule has 0 saturated carbocycles. The van der Waals surface area contributed by atoms with Crippen molar-refractivity contribution < 1.29 is 19.0 Å². The summed E-state index contributed by atoms with van der Waals surface area (Å²) < 4.78 is 17.0. The van der Waals surface area contributed by atoms with Crippen LogP contribution in [0.3, 0.4) is 0 Å². The van der Waals surface area contributed by atoms with Gasteiger partial charge in [-0.05, 0) is 37.0 Å². The zero-order valence-corrected chi connectivity index (χ0v) is 9.15. The number of aliphatic hydroxyl groups is 1. The van der Waals surface area contributed by atoms with Gasteiger partial charge in [0.05, 0.1) is 7.11 Å². The Morgan fingerprint density at radius 2 is 2.06 bits per heavy atom. The molecule has 0 aliphatic carbocycles. The fourth-order valence-corrected chi connectivity index (χ4v) is 1.40. The average molecular weight is 226 g/mol. The summed E-state index contributed by atoms with van der Waals surface area (Å²) in [7, 11) is 1.24. The zero-order valence-electron chi connectivity index (χ0n) is 9.15. The lowest BCUT2D eigenvalue weighted by molar-refractivity contribution is -0.150. The Bertz CT molecular complexity index is 335. The van der Waals surface area contributed by atoms with Crippen molar-refractivity contribution in [3.05, 3.63) is 35.6 Å². The van der Waals surface area contributed by atoms with Crippen LogP contribution >= 0.6 is 0 Å². The van der Waals surface area contributed by atoms with Crippen LogP contribution in [0.2, 0.25) is 0 Å². The smallest absolute Gasteiger partial charge is 0.334 e. The molecule has 1 aromatic rings. The van der Waals surface area contributed by atoms with E-state index in [0.717, 1.165) is 5.56 Å². The Morgan fingerprint density at radius 3 is 2.62 bits per heavy atom. The van der Waals surface area contributed by atoms with E-state index in [1.54, 1.807) is 12.1 Å². The molecule has 0 heterocycles. The van der Waals surface area contributed by atoms with E-state index in [-0.39, 0.29) is 5.82 Å². The molecule has 1 rings (SSSR count). The van der Waals surface area contributed by atoms with Crippen molar-refractivity contribution in [2.45, 2.75) is 25.4 Å². The quantitative estimate of drug-likeness (QED) is 0.777. The second-order valence-corrected chi connectivity index (χ2v) is 3.56. The van der Waals surface area contributed by atoms with E-state index in [4.69, 9.17) is 0 Å². The topological polar surface area (TPSA) is 46.5 Å². The molecule has 0 saturated heterocycles. The predicted molar refractivity (Wildman–Crippen MR) is 57.4 cm³/mol. The lowest BCUT2D eigenvalue weighted by Crippen LogP contribution is -2.21. The highest BCUT2D eigenvalue weighted by molar-refractivity contribution is 5.74. The van der Waals surface area contributed by atoms with E-state index < -0.39 is 12.1 Å². The number of aliphatic hydroxyl groups excluding tert-OH is 1. The molecule has 1 N–H and O–H groups in total.